The summed E-state index contributed by atoms with van der Waals surface area (Å²) < 4.78 is 49.8. The van der Waals surface area contributed by atoms with Crippen LogP contribution in [0.3, 0.4) is 0 Å². The highest BCUT2D eigenvalue weighted by Gasteiger charge is 2.51. The molecule has 4 nitrogen and oxygen atoms in total. The predicted octanol–water partition coefficient (Wildman–Crippen LogP) is 1.99. The average molecular weight is 285 g/mol. The van der Waals surface area contributed by atoms with Crippen LogP contribution in [0.5, 0.6) is 0 Å². The zero-order valence-electron chi connectivity index (χ0n) is 10.1. The Hall–Kier alpha value is -1.34. The van der Waals surface area contributed by atoms with Gasteiger partial charge in [0.2, 0.25) is 0 Å². The third kappa shape index (κ3) is 4.07. The number of carbonyl (C=O) groups excluding carboxylic acids is 1. The van der Waals surface area contributed by atoms with E-state index in [2.05, 4.69) is 0 Å². The van der Waals surface area contributed by atoms with E-state index in [-0.39, 0.29) is 25.4 Å². The van der Waals surface area contributed by atoms with E-state index in [1.165, 1.54) is 0 Å². The molecule has 0 aliphatic carbocycles. The largest absolute Gasteiger partial charge is 0.481 e. The summed E-state index contributed by atoms with van der Waals surface area (Å²) in [6.45, 7) is -0.0726. The summed E-state index contributed by atoms with van der Waals surface area (Å²) >= 11 is 0. The van der Waals surface area contributed by atoms with Crippen LogP contribution in [0.4, 0.5) is 17.6 Å². The summed E-state index contributed by atoms with van der Waals surface area (Å²) in [5.41, 5.74) is 0. The van der Waals surface area contributed by atoms with Crippen LogP contribution < -0.4 is 0 Å². The highest BCUT2D eigenvalue weighted by atomic mass is 19.3. The Morgan fingerprint density at radius 2 is 1.79 bits per heavy atom. The van der Waals surface area contributed by atoms with Gasteiger partial charge in [-0.05, 0) is 25.2 Å². The van der Waals surface area contributed by atoms with Crippen LogP contribution in [0.2, 0.25) is 0 Å². The Morgan fingerprint density at radius 3 is 2.21 bits per heavy atom. The van der Waals surface area contributed by atoms with Gasteiger partial charge >= 0.3 is 18.3 Å². The lowest BCUT2D eigenvalue weighted by molar-refractivity contribution is -0.181. The number of likely N-dealkylation sites (tertiary alicyclic amines) is 1. The second-order valence-corrected chi connectivity index (χ2v) is 4.59. The Balaban J connectivity index is 2.45. The normalized spacial score (nSPS) is 17.8. The van der Waals surface area contributed by atoms with Gasteiger partial charge in [-0.15, -0.1) is 0 Å². The molecule has 0 unspecified atom stereocenters. The van der Waals surface area contributed by atoms with Gasteiger partial charge in [-0.25, -0.2) is 8.78 Å². The predicted molar refractivity (Wildman–Crippen MR) is 57.1 cm³/mol. The first-order valence-electron chi connectivity index (χ1n) is 5.92. The van der Waals surface area contributed by atoms with Gasteiger partial charge in [0.15, 0.2) is 0 Å². The molecule has 1 amide bonds. The quantitative estimate of drug-likeness (QED) is 0.786. The minimum atomic E-state index is -4.64. The average Bonchev–Trinajstić information content (AvgIpc) is 2.35. The molecule has 1 N–H and O–H groups in total. The monoisotopic (exact) mass is 285 g/mol. The van der Waals surface area contributed by atoms with Crippen molar-refractivity contribution < 1.29 is 32.3 Å². The van der Waals surface area contributed by atoms with Crippen molar-refractivity contribution >= 4 is 11.9 Å². The molecule has 0 aromatic heterocycles. The smallest absolute Gasteiger partial charge is 0.383 e. The first-order chi connectivity index (χ1) is 8.75. The molecule has 1 aliphatic rings. The number of hydrogen-bond donors (Lipinski definition) is 1. The van der Waals surface area contributed by atoms with E-state index in [0.717, 1.165) is 4.90 Å². The van der Waals surface area contributed by atoms with Crippen LogP contribution in [-0.2, 0) is 9.59 Å². The molecule has 0 aromatic carbocycles. The first kappa shape index (κ1) is 15.7. The number of rotatable bonds is 5. The lowest BCUT2D eigenvalue weighted by atomic mass is 9.92. The Bertz CT molecular complexity index is 341. The maximum absolute atomic E-state index is 12.9. The number of halogens is 4. The van der Waals surface area contributed by atoms with Gasteiger partial charge in [0.1, 0.15) is 0 Å². The SMILES string of the molecule is O=C(O)CCC1CCN(C(=O)C(F)(F)C(F)F)CC1. The van der Waals surface area contributed by atoms with Gasteiger partial charge < -0.3 is 10.0 Å². The number of aliphatic carboxylic acids is 1. The molecule has 0 bridgehead atoms. The number of carboxylic acid groups (broad SMARTS) is 1. The van der Waals surface area contributed by atoms with Crippen LogP contribution >= 0.6 is 0 Å². The minimum Gasteiger partial charge on any atom is -0.481 e. The molecule has 0 spiro atoms. The Labute approximate surface area is 107 Å². The third-order valence-corrected chi connectivity index (χ3v) is 3.23. The van der Waals surface area contributed by atoms with Crippen molar-refractivity contribution in [1.82, 2.24) is 4.90 Å². The summed E-state index contributed by atoms with van der Waals surface area (Å²) in [6.07, 6.45) is -2.91. The van der Waals surface area contributed by atoms with E-state index in [4.69, 9.17) is 5.11 Å². The highest BCUT2D eigenvalue weighted by Crippen LogP contribution is 2.29. The molecule has 1 aliphatic heterocycles. The van der Waals surface area contributed by atoms with Crippen LogP contribution in [0.25, 0.3) is 0 Å². The number of nitrogens with zero attached hydrogens (tertiary/aromatic N) is 1. The molecule has 1 fully saturated rings. The number of piperidine rings is 1. The molecule has 1 heterocycles. The summed E-state index contributed by atoms with van der Waals surface area (Å²) in [5, 5.41) is 8.51. The summed E-state index contributed by atoms with van der Waals surface area (Å²) in [5.74, 6) is -7.41. The van der Waals surface area contributed by atoms with Crippen LogP contribution in [0, 0.1) is 5.92 Å². The summed E-state index contributed by atoms with van der Waals surface area (Å²) in [4.78, 5) is 22.3. The zero-order chi connectivity index (χ0) is 14.6. The standard InChI is InChI=1S/C11H15F4NO3/c12-9(13)11(14,15)10(19)16-5-3-7(4-6-16)1-2-8(17)18/h7,9H,1-6H2,(H,17,18). The van der Waals surface area contributed by atoms with E-state index in [0.29, 0.717) is 19.3 Å². The van der Waals surface area contributed by atoms with Crippen molar-refractivity contribution in [2.45, 2.75) is 38.0 Å². The Kier molecular flexibility index (Phi) is 5.13. The van der Waals surface area contributed by atoms with Gasteiger partial charge in [0, 0.05) is 19.5 Å². The molecule has 110 valence electrons. The first-order valence-corrected chi connectivity index (χ1v) is 5.92. The number of carbonyl (C=O) groups is 2. The van der Waals surface area contributed by atoms with E-state index in [9.17, 15) is 27.2 Å². The van der Waals surface area contributed by atoms with Crippen molar-refractivity contribution in [3.05, 3.63) is 0 Å². The van der Waals surface area contributed by atoms with Crippen LogP contribution in [-0.4, -0.2) is 47.3 Å². The fraction of sp³-hybridized carbons (Fsp3) is 0.818. The van der Waals surface area contributed by atoms with Gasteiger partial charge in [0.25, 0.3) is 5.91 Å². The van der Waals surface area contributed by atoms with Crippen LogP contribution in [0.1, 0.15) is 25.7 Å². The topological polar surface area (TPSA) is 57.6 Å². The fourth-order valence-electron chi connectivity index (χ4n) is 2.06. The van der Waals surface area contributed by atoms with E-state index in [1.54, 1.807) is 0 Å². The molecule has 8 heteroatoms. The second-order valence-electron chi connectivity index (χ2n) is 4.59. The maximum Gasteiger partial charge on any atom is 0.383 e. The molecule has 0 atom stereocenters. The molecule has 19 heavy (non-hydrogen) atoms. The van der Waals surface area contributed by atoms with Crippen molar-refractivity contribution in [2.24, 2.45) is 5.92 Å². The van der Waals surface area contributed by atoms with Crippen molar-refractivity contribution in [3.63, 3.8) is 0 Å². The fourth-order valence-corrected chi connectivity index (χ4v) is 2.06. The van der Waals surface area contributed by atoms with E-state index >= 15 is 0 Å². The van der Waals surface area contributed by atoms with Crippen LogP contribution in [0.15, 0.2) is 0 Å². The Morgan fingerprint density at radius 1 is 1.26 bits per heavy atom. The molecular weight excluding hydrogens is 270 g/mol. The molecular formula is C11H15F4NO3. The summed E-state index contributed by atoms with van der Waals surface area (Å²) in [6, 6.07) is 0. The zero-order valence-corrected chi connectivity index (χ0v) is 10.1. The third-order valence-electron chi connectivity index (χ3n) is 3.23. The molecule has 0 saturated carbocycles. The molecule has 1 rings (SSSR count). The number of carboxylic acids is 1. The molecule has 1 saturated heterocycles. The van der Waals surface area contributed by atoms with Gasteiger partial charge in [-0.3, -0.25) is 9.59 Å². The van der Waals surface area contributed by atoms with E-state index in [1.807, 2.05) is 0 Å². The lowest BCUT2D eigenvalue weighted by Gasteiger charge is -2.33. The highest BCUT2D eigenvalue weighted by molar-refractivity contribution is 5.84. The lowest BCUT2D eigenvalue weighted by Crippen LogP contribution is -2.50. The van der Waals surface area contributed by atoms with Crippen molar-refractivity contribution in [3.8, 4) is 0 Å². The minimum absolute atomic E-state index is 0.0220. The number of hydrogen-bond acceptors (Lipinski definition) is 2. The summed E-state index contributed by atoms with van der Waals surface area (Å²) in [7, 11) is 0. The maximum atomic E-state index is 12.9. The van der Waals surface area contributed by atoms with Crippen molar-refractivity contribution in [2.75, 3.05) is 13.1 Å². The van der Waals surface area contributed by atoms with Gasteiger partial charge in [-0.2, -0.15) is 8.78 Å². The second kappa shape index (κ2) is 6.21. The number of amides is 1. The van der Waals surface area contributed by atoms with Gasteiger partial charge in [-0.1, -0.05) is 0 Å². The van der Waals surface area contributed by atoms with Crippen molar-refractivity contribution in [1.29, 1.82) is 0 Å². The number of alkyl halides is 4. The van der Waals surface area contributed by atoms with Gasteiger partial charge in [0.05, 0.1) is 0 Å². The molecule has 0 radical (unpaired) electrons. The van der Waals surface area contributed by atoms with E-state index < -0.39 is 24.2 Å². The molecule has 0 aromatic rings.